The number of hydrogen-bond acceptors (Lipinski definition) is 5. The molecule has 4 nitrogen and oxygen atoms in total. The predicted molar refractivity (Wildman–Crippen MR) is 78.4 cm³/mol. The van der Waals surface area contributed by atoms with Crippen LogP contribution in [0.1, 0.15) is 45.3 Å². The van der Waals surface area contributed by atoms with Crippen LogP contribution in [0.15, 0.2) is 5.38 Å². The summed E-state index contributed by atoms with van der Waals surface area (Å²) in [7, 11) is 0. The highest BCUT2D eigenvalue weighted by Gasteiger charge is 2.18. The van der Waals surface area contributed by atoms with E-state index in [0.29, 0.717) is 19.7 Å². The first kappa shape index (κ1) is 16.1. The Bertz CT molecular complexity index is 410. The normalized spacial score (nSPS) is 11.9. The van der Waals surface area contributed by atoms with E-state index in [1.807, 2.05) is 18.7 Å². The maximum absolute atomic E-state index is 11.5. The minimum atomic E-state index is -0.169. The molecule has 1 aromatic rings. The van der Waals surface area contributed by atoms with Crippen molar-refractivity contribution in [3.63, 3.8) is 0 Å². The molecule has 0 aliphatic carbocycles. The molecule has 0 fully saturated rings. The summed E-state index contributed by atoms with van der Waals surface area (Å²) in [5.41, 5.74) is 1.19. The number of carbonyl (C=O) groups excluding carboxylic acids is 1. The first-order valence-corrected chi connectivity index (χ1v) is 7.57. The highest BCUT2D eigenvalue weighted by atomic mass is 32.1. The second-order valence-corrected chi connectivity index (χ2v) is 6.43. The highest BCUT2D eigenvalue weighted by Crippen LogP contribution is 2.24. The summed E-state index contributed by atoms with van der Waals surface area (Å²) in [6.45, 7) is 12.6. The summed E-state index contributed by atoms with van der Waals surface area (Å²) in [6.07, 6.45) is 0. The van der Waals surface area contributed by atoms with Crippen molar-refractivity contribution in [2.75, 3.05) is 19.7 Å². The van der Waals surface area contributed by atoms with Gasteiger partial charge in [-0.15, -0.1) is 11.3 Å². The Morgan fingerprint density at radius 3 is 2.58 bits per heavy atom. The van der Waals surface area contributed by atoms with E-state index >= 15 is 0 Å². The average molecular weight is 284 g/mol. The van der Waals surface area contributed by atoms with E-state index in [0.717, 1.165) is 17.2 Å². The lowest BCUT2D eigenvalue weighted by atomic mass is 9.93. The number of likely N-dealkylation sites (N-methyl/N-ethyl adjacent to an activating group) is 1. The minimum Gasteiger partial charge on any atom is -0.465 e. The first-order valence-electron chi connectivity index (χ1n) is 6.69. The van der Waals surface area contributed by atoms with Crippen molar-refractivity contribution >= 4 is 17.3 Å². The van der Waals surface area contributed by atoms with Crippen LogP contribution in [0, 0.1) is 0 Å². The van der Waals surface area contributed by atoms with Gasteiger partial charge in [0.2, 0.25) is 0 Å². The molecule has 0 radical (unpaired) electrons. The SMILES string of the molecule is CCOC(=O)CN(CC)Cc1nc(C(C)(C)C)cs1. The molecule has 0 aliphatic heterocycles. The van der Waals surface area contributed by atoms with Crippen LogP contribution in [0.5, 0.6) is 0 Å². The average Bonchev–Trinajstić information content (AvgIpc) is 2.76. The Balaban J connectivity index is 2.61. The van der Waals surface area contributed by atoms with Crippen LogP contribution >= 0.6 is 11.3 Å². The number of thiazole rings is 1. The van der Waals surface area contributed by atoms with Crippen LogP contribution in [0.25, 0.3) is 0 Å². The van der Waals surface area contributed by atoms with Gasteiger partial charge in [-0.3, -0.25) is 9.69 Å². The summed E-state index contributed by atoms with van der Waals surface area (Å²) >= 11 is 1.66. The molecule has 0 saturated heterocycles. The van der Waals surface area contributed by atoms with Crippen molar-refractivity contribution in [3.8, 4) is 0 Å². The molecule has 0 spiro atoms. The molecule has 0 saturated carbocycles. The molecule has 108 valence electrons. The van der Waals surface area contributed by atoms with Gasteiger partial charge < -0.3 is 4.74 Å². The smallest absolute Gasteiger partial charge is 0.320 e. The Hall–Kier alpha value is -0.940. The van der Waals surface area contributed by atoms with Gasteiger partial charge in [0.25, 0.3) is 0 Å². The Labute approximate surface area is 119 Å². The second kappa shape index (κ2) is 7.01. The molecule has 1 heterocycles. The third kappa shape index (κ3) is 5.28. The third-order valence-corrected chi connectivity index (χ3v) is 3.62. The Morgan fingerprint density at radius 2 is 2.11 bits per heavy atom. The third-order valence-electron chi connectivity index (χ3n) is 2.78. The van der Waals surface area contributed by atoms with E-state index in [1.54, 1.807) is 11.3 Å². The van der Waals surface area contributed by atoms with Crippen LogP contribution in [0.4, 0.5) is 0 Å². The van der Waals surface area contributed by atoms with Gasteiger partial charge in [-0.25, -0.2) is 4.98 Å². The van der Waals surface area contributed by atoms with Crippen LogP contribution < -0.4 is 0 Å². The number of esters is 1. The van der Waals surface area contributed by atoms with E-state index in [2.05, 4.69) is 31.1 Å². The van der Waals surface area contributed by atoms with E-state index in [9.17, 15) is 4.79 Å². The lowest BCUT2D eigenvalue weighted by Gasteiger charge is -2.18. The molecule has 19 heavy (non-hydrogen) atoms. The highest BCUT2D eigenvalue weighted by molar-refractivity contribution is 7.09. The summed E-state index contributed by atoms with van der Waals surface area (Å²) in [6, 6.07) is 0. The number of aromatic nitrogens is 1. The Kier molecular flexibility index (Phi) is 5.94. The maximum Gasteiger partial charge on any atom is 0.320 e. The van der Waals surface area contributed by atoms with Crippen molar-refractivity contribution in [1.82, 2.24) is 9.88 Å². The van der Waals surface area contributed by atoms with Crippen molar-refractivity contribution < 1.29 is 9.53 Å². The fourth-order valence-electron chi connectivity index (χ4n) is 1.59. The van der Waals surface area contributed by atoms with Crippen molar-refractivity contribution in [3.05, 3.63) is 16.1 Å². The van der Waals surface area contributed by atoms with E-state index in [-0.39, 0.29) is 11.4 Å². The standard InChI is InChI=1S/C14H24N2O2S/c1-6-16(9-13(17)18-7-2)8-12-15-11(10-19-12)14(3,4)5/h10H,6-9H2,1-5H3. The summed E-state index contributed by atoms with van der Waals surface area (Å²) in [4.78, 5) is 18.2. The molecule has 0 aromatic carbocycles. The fourth-order valence-corrected chi connectivity index (χ4v) is 2.65. The van der Waals surface area contributed by atoms with Gasteiger partial charge in [0.05, 0.1) is 25.4 Å². The fraction of sp³-hybridized carbons (Fsp3) is 0.714. The minimum absolute atomic E-state index is 0.0763. The van der Waals surface area contributed by atoms with E-state index in [1.165, 1.54) is 0 Å². The van der Waals surface area contributed by atoms with Crippen molar-refractivity contribution in [2.45, 2.75) is 46.6 Å². The first-order chi connectivity index (χ1) is 8.86. The maximum atomic E-state index is 11.5. The van der Waals surface area contributed by atoms with Gasteiger partial charge in [-0.05, 0) is 13.5 Å². The van der Waals surface area contributed by atoms with Crippen LogP contribution in [-0.4, -0.2) is 35.5 Å². The molecule has 0 aliphatic rings. The molecule has 0 amide bonds. The largest absolute Gasteiger partial charge is 0.465 e. The zero-order valence-corrected chi connectivity index (χ0v) is 13.3. The molecular formula is C14H24N2O2S. The zero-order valence-electron chi connectivity index (χ0n) is 12.5. The van der Waals surface area contributed by atoms with Crippen molar-refractivity contribution in [2.24, 2.45) is 0 Å². The zero-order chi connectivity index (χ0) is 14.5. The van der Waals surface area contributed by atoms with Gasteiger partial charge in [0, 0.05) is 10.8 Å². The number of ether oxygens (including phenoxy) is 1. The lowest BCUT2D eigenvalue weighted by Crippen LogP contribution is -2.30. The van der Waals surface area contributed by atoms with Crippen LogP contribution in [0.3, 0.4) is 0 Å². The molecule has 1 aromatic heterocycles. The lowest BCUT2D eigenvalue weighted by molar-refractivity contribution is -0.144. The monoisotopic (exact) mass is 284 g/mol. The molecule has 0 bridgehead atoms. The molecular weight excluding hydrogens is 260 g/mol. The van der Waals surface area contributed by atoms with E-state index in [4.69, 9.17) is 4.74 Å². The second-order valence-electron chi connectivity index (χ2n) is 5.48. The summed E-state index contributed by atoms with van der Waals surface area (Å²) in [5, 5.41) is 3.16. The van der Waals surface area contributed by atoms with Crippen LogP contribution in [-0.2, 0) is 21.5 Å². The quantitative estimate of drug-likeness (QED) is 0.753. The molecule has 0 unspecified atom stereocenters. The van der Waals surface area contributed by atoms with E-state index < -0.39 is 0 Å². The van der Waals surface area contributed by atoms with Crippen LogP contribution in [0.2, 0.25) is 0 Å². The predicted octanol–water partition coefficient (Wildman–Crippen LogP) is 2.83. The summed E-state index contributed by atoms with van der Waals surface area (Å²) in [5.74, 6) is -0.169. The molecule has 0 N–H and O–H groups in total. The number of hydrogen-bond donors (Lipinski definition) is 0. The van der Waals surface area contributed by atoms with Gasteiger partial charge in [0.15, 0.2) is 0 Å². The van der Waals surface area contributed by atoms with Gasteiger partial charge in [-0.1, -0.05) is 27.7 Å². The van der Waals surface area contributed by atoms with Gasteiger partial charge in [-0.2, -0.15) is 0 Å². The topological polar surface area (TPSA) is 42.4 Å². The molecule has 0 atom stereocenters. The van der Waals surface area contributed by atoms with Gasteiger partial charge >= 0.3 is 5.97 Å². The van der Waals surface area contributed by atoms with Crippen molar-refractivity contribution in [1.29, 1.82) is 0 Å². The number of nitrogens with zero attached hydrogens (tertiary/aromatic N) is 2. The van der Waals surface area contributed by atoms with Gasteiger partial charge in [0.1, 0.15) is 5.01 Å². The number of carbonyl (C=O) groups is 1. The molecule has 5 heteroatoms. The Morgan fingerprint density at radius 1 is 1.42 bits per heavy atom. The number of rotatable bonds is 6. The summed E-state index contributed by atoms with van der Waals surface area (Å²) < 4.78 is 4.97. The molecule has 1 rings (SSSR count).